The van der Waals surface area contributed by atoms with Crippen molar-refractivity contribution in [1.29, 1.82) is 5.26 Å². The Labute approximate surface area is 234 Å². The van der Waals surface area contributed by atoms with E-state index in [1.807, 2.05) is 28.7 Å². The van der Waals surface area contributed by atoms with Gasteiger partial charge in [-0.25, -0.2) is 9.59 Å². The largest absolute Gasteiger partial charge is 0.534 e. The molecule has 1 heterocycles. The van der Waals surface area contributed by atoms with Gasteiger partial charge in [0, 0.05) is 3.57 Å². The van der Waals surface area contributed by atoms with Crippen LogP contribution in [0.5, 0.6) is 5.75 Å². The third-order valence-corrected chi connectivity index (χ3v) is 7.70. The minimum Gasteiger partial charge on any atom is -0.466 e. The maximum atomic E-state index is 13.2. The summed E-state index contributed by atoms with van der Waals surface area (Å²) in [5.74, 6) is -4.89. The lowest BCUT2D eigenvalue weighted by Gasteiger charge is -2.36. The molecule has 0 saturated heterocycles. The number of carbonyl (C=O) groups excluding carboxylic acids is 2. The van der Waals surface area contributed by atoms with Crippen LogP contribution in [-0.2, 0) is 29.2 Å². The van der Waals surface area contributed by atoms with E-state index in [-0.39, 0.29) is 5.57 Å². The van der Waals surface area contributed by atoms with Crippen LogP contribution < -0.4 is 14.8 Å². The van der Waals surface area contributed by atoms with Crippen LogP contribution in [0.15, 0.2) is 65.1 Å². The zero-order valence-corrected chi connectivity index (χ0v) is 23.3. The Morgan fingerprint density at radius 1 is 1.10 bits per heavy atom. The summed E-state index contributed by atoms with van der Waals surface area (Å²) in [5, 5.41) is 10.1. The number of methoxy groups -OCH3 is 2. The van der Waals surface area contributed by atoms with Gasteiger partial charge in [0.15, 0.2) is 5.75 Å². The summed E-state index contributed by atoms with van der Waals surface area (Å²) in [6, 6.07) is 12.0. The minimum absolute atomic E-state index is 0.283. The molecule has 3 rings (SSSR count). The average Bonchev–Trinajstić information content (AvgIpc) is 2.88. The zero-order chi connectivity index (χ0) is 29.3. The fourth-order valence-corrected chi connectivity index (χ4v) is 4.73. The summed E-state index contributed by atoms with van der Waals surface area (Å²) in [6.07, 6.45) is 0. The Balaban J connectivity index is 2.49. The molecule has 0 saturated carbocycles. The van der Waals surface area contributed by atoms with Crippen LogP contribution in [0.25, 0.3) is 0 Å². The first-order chi connectivity index (χ1) is 18.2. The Morgan fingerprint density at radius 3 is 2.21 bits per heavy atom. The van der Waals surface area contributed by atoms with Gasteiger partial charge in [-0.3, -0.25) is 4.90 Å². The van der Waals surface area contributed by atoms with E-state index in [2.05, 4.69) is 4.18 Å². The minimum atomic E-state index is -6.18. The van der Waals surface area contributed by atoms with Gasteiger partial charge in [0.05, 0.1) is 43.0 Å². The number of esters is 2. The number of allylic oxidation sites excluding steroid dienone is 1. The summed E-state index contributed by atoms with van der Waals surface area (Å²) in [4.78, 5) is 27.1. The molecular formula is C24H19F3IN3O7S. The molecule has 0 aliphatic carbocycles. The fourth-order valence-electron chi connectivity index (χ4n) is 3.82. The summed E-state index contributed by atoms with van der Waals surface area (Å²) in [7, 11) is -4.19. The van der Waals surface area contributed by atoms with Crippen LogP contribution >= 0.6 is 22.6 Å². The van der Waals surface area contributed by atoms with Crippen LogP contribution in [0.4, 0.5) is 18.9 Å². The number of nitriles is 1. The SMILES string of the molecule is COC(=O)C1=C(C(=O)OC)N(c2cc(I)c(C)cc2OS(=O)(=O)C(F)(F)F)C(N)=C(C#N)C1c1ccccc1. The number of nitrogens with zero attached hydrogens (tertiary/aromatic N) is 2. The molecule has 1 aliphatic heterocycles. The van der Waals surface area contributed by atoms with Crippen LogP contribution in [0.3, 0.4) is 0 Å². The molecule has 206 valence electrons. The number of aryl methyl sites for hydroxylation is 1. The van der Waals surface area contributed by atoms with Crippen molar-refractivity contribution < 1.29 is 44.8 Å². The van der Waals surface area contributed by atoms with Crippen molar-refractivity contribution in [2.24, 2.45) is 5.73 Å². The van der Waals surface area contributed by atoms with Gasteiger partial charge in [-0.2, -0.15) is 26.9 Å². The van der Waals surface area contributed by atoms with Crippen LogP contribution in [-0.4, -0.2) is 40.1 Å². The highest BCUT2D eigenvalue weighted by molar-refractivity contribution is 14.1. The van der Waals surface area contributed by atoms with Gasteiger partial charge in [0.2, 0.25) is 0 Å². The van der Waals surface area contributed by atoms with Gasteiger partial charge < -0.3 is 19.4 Å². The molecule has 1 aliphatic rings. The van der Waals surface area contributed by atoms with Crippen molar-refractivity contribution in [1.82, 2.24) is 0 Å². The quantitative estimate of drug-likeness (QED) is 0.208. The van der Waals surface area contributed by atoms with Crippen molar-refractivity contribution in [3.05, 3.63) is 79.8 Å². The second-order valence-corrected chi connectivity index (χ2v) is 10.6. The first kappa shape index (κ1) is 29.8. The second kappa shape index (κ2) is 11.1. The van der Waals surface area contributed by atoms with Gasteiger partial charge in [0.1, 0.15) is 11.5 Å². The maximum absolute atomic E-state index is 13.2. The molecular weight excluding hydrogens is 658 g/mol. The van der Waals surface area contributed by atoms with Crippen LogP contribution in [0.2, 0.25) is 0 Å². The Kier molecular flexibility index (Phi) is 8.50. The van der Waals surface area contributed by atoms with Gasteiger partial charge >= 0.3 is 27.6 Å². The number of benzene rings is 2. The monoisotopic (exact) mass is 677 g/mol. The molecule has 0 radical (unpaired) electrons. The van der Waals surface area contributed by atoms with Crippen molar-refractivity contribution in [2.75, 3.05) is 19.1 Å². The average molecular weight is 677 g/mol. The Hall–Kier alpha value is -3.78. The predicted molar refractivity (Wildman–Crippen MR) is 139 cm³/mol. The number of hydrogen-bond acceptors (Lipinski definition) is 10. The van der Waals surface area contributed by atoms with Crippen LogP contribution in [0.1, 0.15) is 17.0 Å². The predicted octanol–water partition coefficient (Wildman–Crippen LogP) is 3.73. The first-order valence-electron chi connectivity index (χ1n) is 10.7. The van der Waals surface area contributed by atoms with Gasteiger partial charge in [0.25, 0.3) is 0 Å². The normalized spacial score (nSPS) is 16.1. The Bertz CT molecular complexity index is 1550. The smallest absolute Gasteiger partial charge is 0.466 e. The Morgan fingerprint density at radius 2 is 1.69 bits per heavy atom. The van der Waals surface area contributed by atoms with E-state index in [1.165, 1.54) is 13.0 Å². The number of alkyl halides is 3. The number of anilines is 1. The van der Waals surface area contributed by atoms with E-state index in [0.717, 1.165) is 25.2 Å². The van der Waals surface area contributed by atoms with E-state index >= 15 is 0 Å². The number of hydrogen-bond donors (Lipinski definition) is 1. The molecule has 0 bridgehead atoms. The standard InChI is InChI=1S/C24H19F3IN3O7S/c1-12-9-17(38-39(34,35)24(25,26)27)16(10-15(12)28)31-20(23(33)37-3)19(22(32)36-2)18(14(11-29)21(31)30)13-7-5-4-6-8-13/h4-10,18H,30H2,1-3H3. The number of ether oxygens (including phenoxy) is 2. The zero-order valence-electron chi connectivity index (χ0n) is 20.4. The van der Waals surface area contributed by atoms with Gasteiger partial charge in [-0.15, -0.1) is 0 Å². The van der Waals surface area contributed by atoms with E-state index in [0.29, 0.717) is 14.7 Å². The molecule has 10 nitrogen and oxygen atoms in total. The summed E-state index contributed by atoms with van der Waals surface area (Å²) in [5.41, 5.74) is -0.604. The molecule has 2 aromatic rings. The van der Waals surface area contributed by atoms with Crippen molar-refractivity contribution in [2.45, 2.75) is 18.3 Å². The van der Waals surface area contributed by atoms with Crippen molar-refractivity contribution >= 4 is 50.3 Å². The molecule has 15 heteroatoms. The summed E-state index contributed by atoms with van der Waals surface area (Å²) < 4.78 is 78.2. The highest BCUT2D eigenvalue weighted by Crippen LogP contribution is 2.46. The van der Waals surface area contributed by atoms with E-state index < -0.39 is 62.0 Å². The third kappa shape index (κ3) is 5.52. The number of nitrogens with two attached hydrogens (primary N) is 1. The second-order valence-electron chi connectivity index (χ2n) is 7.89. The maximum Gasteiger partial charge on any atom is 0.534 e. The number of carbonyl (C=O) groups is 2. The van der Waals surface area contributed by atoms with E-state index in [9.17, 15) is 36.4 Å². The van der Waals surface area contributed by atoms with E-state index in [4.69, 9.17) is 15.2 Å². The molecule has 0 fully saturated rings. The molecule has 0 amide bonds. The van der Waals surface area contributed by atoms with E-state index in [1.54, 1.807) is 30.3 Å². The highest BCUT2D eigenvalue weighted by atomic mass is 127. The molecule has 0 spiro atoms. The van der Waals surface area contributed by atoms with Crippen LogP contribution in [0, 0.1) is 21.8 Å². The lowest BCUT2D eigenvalue weighted by atomic mass is 9.81. The first-order valence-corrected chi connectivity index (χ1v) is 13.1. The lowest BCUT2D eigenvalue weighted by Crippen LogP contribution is -2.41. The lowest BCUT2D eigenvalue weighted by molar-refractivity contribution is -0.139. The van der Waals surface area contributed by atoms with Crippen molar-refractivity contribution in [3.8, 4) is 11.8 Å². The number of rotatable bonds is 6. The topological polar surface area (TPSA) is 149 Å². The van der Waals surface area contributed by atoms with Gasteiger partial charge in [-0.05, 0) is 52.8 Å². The molecule has 1 atom stereocenters. The highest BCUT2D eigenvalue weighted by Gasteiger charge is 2.50. The third-order valence-electron chi connectivity index (χ3n) is 5.57. The van der Waals surface area contributed by atoms with Gasteiger partial charge in [-0.1, -0.05) is 30.3 Å². The molecule has 2 N–H and O–H groups in total. The number of halogens is 4. The fraction of sp³-hybridized carbons (Fsp3) is 0.208. The van der Waals surface area contributed by atoms with Crippen molar-refractivity contribution in [3.63, 3.8) is 0 Å². The molecule has 2 aromatic carbocycles. The summed E-state index contributed by atoms with van der Waals surface area (Å²) in [6.45, 7) is 1.47. The molecule has 0 aromatic heterocycles. The summed E-state index contributed by atoms with van der Waals surface area (Å²) >= 11 is 1.81. The molecule has 39 heavy (non-hydrogen) atoms. The molecule has 1 unspecified atom stereocenters.